The Bertz CT molecular complexity index is 235. The van der Waals surface area contributed by atoms with E-state index in [1.54, 1.807) is 0 Å². The van der Waals surface area contributed by atoms with Gasteiger partial charge in [-0.25, -0.2) is 8.78 Å². The normalized spacial score (nSPS) is 11.5. The van der Waals surface area contributed by atoms with Crippen LogP contribution in [0.3, 0.4) is 0 Å². The van der Waals surface area contributed by atoms with Crippen molar-refractivity contribution in [2.24, 2.45) is 0 Å². The van der Waals surface area contributed by atoms with Crippen molar-refractivity contribution in [2.75, 3.05) is 6.61 Å². The lowest BCUT2D eigenvalue weighted by molar-refractivity contribution is -0.299. The number of rotatable bonds is 5. The highest BCUT2D eigenvalue weighted by molar-refractivity contribution is 6.16. The highest BCUT2D eigenvalue weighted by Crippen LogP contribution is 2.04. The number of halogens is 2. The van der Waals surface area contributed by atoms with Crippen molar-refractivity contribution in [1.82, 2.24) is 0 Å². The smallest absolute Gasteiger partial charge is 0.300 e. The summed E-state index contributed by atoms with van der Waals surface area (Å²) < 4.78 is 27.8. The van der Waals surface area contributed by atoms with Crippen LogP contribution in [0.2, 0.25) is 0 Å². The monoisotopic (exact) mass is 193 g/mol. The van der Waals surface area contributed by atoms with Gasteiger partial charge in [0.25, 0.3) is 0 Å². The van der Waals surface area contributed by atoms with Gasteiger partial charge in [0.15, 0.2) is 0 Å². The summed E-state index contributed by atoms with van der Waals surface area (Å²) in [6.07, 6.45) is -2.91. The van der Waals surface area contributed by atoms with E-state index in [2.05, 4.69) is 4.74 Å². The SMILES string of the molecule is CCO/C=C(\C(=O)[O-])C(=O)C(F)F. The summed E-state index contributed by atoms with van der Waals surface area (Å²) in [4.78, 5) is 20.6. The van der Waals surface area contributed by atoms with Gasteiger partial charge in [0.2, 0.25) is 5.78 Å². The molecule has 0 aliphatic rings. The lowest BCUT2D eigenvalue weighted by atomic mass is 10.2. The van der Waals surface area contributed by atoms with Gasteiger partial charge in [0, 0.05) is 0 Å². The van der Waals surface area contributed by atoms with E-state index in [0.717, 1.165) is 0 Å². The van der Waals surface area contributed by atoms with Crippen molar-refractivity contribution in [2.45, 2.75) is 13.3 Å². The van der Waals surface area contributed by atoms with E-state index in [9.17, 15) is 23.5 Å². The topological polar surface area (TPSA) is 66.4 Å². The zero-order valence-corrected chi connectivity index (χ0v) is 6.75. The second kappa shape index (κ2) is 5.23. The molecule has 0 heterocycles. The quantitative estimate of drug-likeness (QED) is 0.255. The first-order valence-corrected chi connectivity index (χ1v) is 3.36. The van der Waals surface area contributed by atoms with Crippen molar-refractivity contribution in [3.05, 3.63) is 11.8 Å². The summed E-state index contributed by atoms with van der Waals surface area (Å²) in [5.41, 5.74) is -1.16. The molecular weight excluding hydrogens is 186 g/mol. The summed E-state index contributed by atoms with van der Waals surface area (Å²) in [5, 5.41) is 10.1. The minimum Gasteiger partial charge on any atom is -0.545 e. The molecule has 0 amide bonds. The first-order chi connectivity index (χ1) is 6.00. The molecule has 0 unspecified atom stereocenters. The maximum atomic E-state index is 11.7. The second-order valence-corrected chi connectivity index (χ2v) is 1.94. The van der Waals surface area contributed by atoms with Crippen LogP contribution in [0.15, 0.2) is 11.8 Å². The number of ketones is 1. The molecule has 0 aromatic heterocycles. The fourth-order valence-electron chi connectivity index (χ4n) is 0.491. The van der Waals surface area contributed by atoms with Crippen LogP contribution >= 0.6 is 0 Å². The molecule has 74 valence electrons. The number of carbonyl (C=O) groups excluding carboxylic acids is 2. The van der Waals surface area contributed by atoms with Crippen molar-refractivity contribution in [1.29, 1.82) is 0 Å². The number of hydrogen-bond acceptors (Lipinski definition) is 4. The van der Waals surface area contributed by atoms with Crippen LogP contribution in [0.5, 0.6) is 0 Å². The molecule has 0 aliphatic carbocycles. The van der Waals surface area contributed by atoms with Crippen LogP contribution in [0.4, 0.5) is 8.78 Å². The molecule has 0 bridgehead atoms. The standard InChI is InChI=1S/C7H8F2O4/c1-2-13-3-4(7(11)12)5(10)6(8)9/h3,6H,2H2,1H3,(H,11,12)/p-1/b4-3-. The molecule has 0 saturated heterocycles. The number of alkyl halides is 2. The number of carbonyl (C=O) groups is 2. The van der Waals surface area contributed by atoms with E-state index in [1.165, 1.54) is 6.92 Å². The number of Topliss-reactive ketones (excluding diaryl/α,β-unsaturated/α-hetero) is 1. The predicted octanol–water partition coefficient (Wildman–Crippen LogP) is -0.509. The van der Waals surface area contributed by atoms with E-state index in [0.29, 0.717) is 6.26 Å². The average molecular weight is 193 g/mol. The summed E-state index contributed by atoms with van der Waals surface area (Å²) in [6, 6.07) is 0. The summed E-state index contributed by atoms with van der Waals surface area (Å²) in [5.74, 6) is -3.78. The maximum absolute atomic E-state index is 11.7. The minimum absolute atomic E-state index is 0.0767. The van der Waals surface area contributed by atoms with Crippen LogP contribution in [-0.2, 0) is 14.3 Å². The highest BCUT2D eigenvalue weighted by Gasteiger charge is 2.21. The molecule has 0 rings (SSSR count). The summed E-state index contributed by atoms with van der Waals surface area (Å²) >= 11 is 0. The highest BCUT2D eigenvalue weighted by atomic mass is 19.3. The van der Waals surface area contributed by atoms with Crippen molar-refractivity contribution < 1.29 is 28.2 Å². The van der Waals surface area contributed by atoms with E-state index < -0.39 is 23.8 Å². The Kier molecular flexibility index (Phi) is 4.64. The van der Waals surface area contributed by atoms with Gasteiger partial charge >= 0.3 is 6.43 Å². The summed E-state index contributed by atoms with van der Waals surface area (Å²) in [7, 11) is 0. The zero-order chi connectivity index (χ0) is 10.4. The third-order valence-corrected chi connectivity index (χ3v) is 1.05. The Morgan fingerprint density at radius 2 is 2.08 bits per heavy atom. The van der Waals surface area contributed by atoms with E-state index in [-0.39, 0.29) is 6.61 Å². The van der Waals surface area contributed by atoms with Gasteiger partial charge in [0.05, 0.1) is 24.4 Å². The molecule has 6 heteroatoms. The Morgan fingerprint density at radius 3 is 2.38 bits per heavy atom. The second-order valence-electron chi connectivity index (χ2n) is 1.94. The number of hydrogen-bond donors (Lipinski definition) is 0. The summed E-state index contributed by atoms with van der Waals surface area (Å²) in [6.45, 7) is 1.59. The van der Waals surface area contributed by atoms with Crippen molar-refractivity contribution >= 4 is 11.8 Å². The van der Waals surface area contributed by atoms with Gasteiger partial charge in [-0.3, -0.25) is 4.79 Å². The third kappa shape index (κ3) is 3.64. The van der Waals surface area contributed by atoms with Crippen molar-refractivity contribution in [3.63, 3.8) is 0 Å². The van der Waals surface area contributed by atoms with Gasteiger partial charge in [-0.1, -0.05) is 0 Å². The molecule has 0 aromatic rings. The number of ether oxygens (including phenoxy) is 1. The first-order valence-electron chi connectivity index (χ1n) is 3.36. The van der Waals surface area contributed by atoms with Gasteiger partial charge < -0.3 is 14.6 Å². The molecular formula is C7H7F2O4-. The molecule has 0 radical (unpaired) electrons. The molecule has 0 aromatic carbocycles. The largest absolute Gasteiger partial charge is 0.545 e. The van der Waals surface area contributed by atoms with E-state index >= 15 is 0 Å². The molecule has 0 N–H and O–H groups in total. The molecule has 0 saturated carbocycles. The van der Waals surface area contributed by atoms with Crippen LogP contribution in [0, 0.1) is 0 Å². The third-order valence-electron chi connectivity index (χ3n) is 1.05. The Balaban J connectivity index is 4.61. The molecule has 4 nitrogen and oxygen atoms in total. The van der Waals surface area contributed by atoms with Gasteiger partial charge in [-0.15, -0.1) is 0 Å². The predicted molar refractivity (Wildman–Crippen MR) is 35.7 cm³/mol. The van der Waals surface area contributed by atoms with Gasteiger partial charge in [-0.05, 0) is 6.92 Å². The number of aliphatic carboxylic acids is 1. The fourth-order valence-corrected chi connectivity index (χ4v) is 0.491. The average Bonchev–Trinajstić information content (AvgIpc) is 2.04. The Morgan fingerprint density at radius 1 is 1.54 bits per heavy atom. The van der Waals surface area contributed by atoms with Gasteiger partial charge in [0.1, 0.15) is 0 Å². The lowest BCUT2D eigenvalue weighted by Gasteiger charge is -2.06. The maximum Gasteiger partial charge on any atom is 0.300 e. The Labute approximate surface area is 72.8 Å². The molecule has 13 heavy (non-hydrogen) atoms. The molecule has 0 aliphatic heterocycles. The number of carboxylic acid groups (broad SMARTS) is 1. The van der Waals surface area contributed by atoms with Crippen molar-refractivity contribution in [3.8, 4) is 0 Å². The molecule has 0 fully saturated rings. The lowest BCUT2D eigenvalue weighted by Crippen LogP contribution is -2.31. The first kappa shape index (κ1) is 11.5. The van der Waals surface area contributed by atoms with E-state index in [4.69, 9.17) is 0 Å². The van der Waals surface area contributed by atoms with Crippen LogP contribution in [-0.4, -0.2) is 24.8 Å². The molecule has 0 spiro atoms. The van der Waals surface area contributed by atoms with E-state index in [1.807, 2.05) is 0 Å². The van der Waals surface area contributed by atoms with Crippen LogP contribution < -0.4 is 5.11 Å². The number of carboxylic acids is 1. The fraction of sp³-hybridized carbons (Fsp3) is 0.429. The molecule has 0 atom stereocenters. The van der Waals surface area contributed by atoms with Crippen LogP contribution in [0.25, 0.3) is 0 Å². The van der Waals surface area contributed by atoms with Gasteiger partial charge in [-0.2, -0.15) is 0 Å². The minimum atomic E-state index is -3.37. The zero-order valence-electron chi connectivity index (χ0n) is 6.75. The Hall–Kier alpha value is -1.46. The van der Waals surface area contributed by atoms with Crippen LogP contribution in [0.1, 0.15) is 6.92 Å².